The second-order valence-electron chi connectivity index (χ2n) is 2.07. The van der Waals surface area contributed by atoms with Gasteiger partial charge in [-0.3, -0.25) is 4.79 Å². The Labute approximate surface area is 63.3 Å². The molecule has 0 saturated carbocycles. The van der Waals surface area contributed by atoms with Crippen LogP contribution in [0.25, 0.3) is 0 Å². The van der Waals surface area contributed by atoms with Crippen LogP contribution < -0.4 is 0 Å². The van der Waals surface area contributed by atoms with Crippen LogP contribution in [0, 0.1) is 0 Å². The highest BCUT2D eigenvalue weighted by Gasteiger charge is 2.07. The van der Waals surface area contributed by atoms with Crippen LogP contribution in [-0.2, 0) is 0 Å². The first-order valence-corrected chi connectivity index (χ1v) is 3.76. The Morgan fingerprint density at radius 3 is 2.80 bits per heavy atom. The lowest BCUT2D eigenvalue weighted by Gasteiger charge is -2.06. The summed E-state index contributed by atoms with van der Waals surface area (Å²) >= 11 is 1.43. The van der Waals surface area contributed by atoms with Crippen LogP contribution in [0.2, 0.25) is 0 Å². The highest BCUT2D eigenvalue weighted by molar-refractivity contribution is 7.07. The van der Waals surface area contributed by atoms with E-state index in [1.54, 1.807) is 25.0 Å². The third kappa shape index (κ3) is 1.33. The predicted octanol–water partition coefficient (Wildman–Crippen LogP) is 0.845. The minimum atomic E-state index is -0.0405. The number of carbonyl (C=O) groups is 1. The summed E-state index contributed by atoms with van der Waals surface area (Å²) in [5, 5.41) is 1.74. The van der Waals surface area contributed by atoms with Gasteiger partial charge in [0.15, 0.2) is 0 Å². The van der Waals surface area contributed by atoms with Crippen molar-refractivity contribution in [1.82, 2.24) is 9.88 Å². The number of hydrogen-bond donors (Lipinski definition) is 0. The lowest BCUT2D eigenvalue weighted by Crippen LogP contribution is -2.21. The summed E-state index contributed by atoms with van der Waals surface area (Å²) in [6.07, 6.45) is 0. The standard InChI is InChI=1S/C6H8N2OS/c1-8(2)6(9)5-3-10-4-7-5/h3-4H,1-2H3. The summed E-state index contributed by atoms with van der Waals surface area (Å²) in [7, 11) is 3.42. The summed E-state index contributed by atoms with van der Waals surface area (Å²) in [5.41, 5.74) is 2.17. The van der Waals surface area contributed by atoms with E-state index in [9.17, 15) is 4.79 Å². The maximum atomic E-state index is 11.1. The molecule has 4 heteroatoms. The highest BCUT2D eigenvalue weighted by atomic mass is 32.1. The molecule has 1 amide bonds. The molecule has 0 bridgehead atoms. The Morgan fingerprint density at radius 2 is 2.40 bits per heavy atom. The van der Waals surface area contributed by atoms with Gasteiger partial charge in [0, 0.05) is 19.5 Å². The van der Waals surface area contributed by atoms with E-state index >= 15 is 0 Å². The van der Waals surface area contributed by atoms with Crippen molar-refractivity contribution in [3.8, 4) is 0 Å². The molecule has 0 fully saturated rings. The number of aromatic nitrogens is 1. The summed E-state index contributed by atoms with van der Waals surface area (Å²) in [4.78, 5) is 16.4. The van der Waals surface area contributed by atoms with Gasteiger partial charge in [-0.1, -0.05) is 0 Å². The molecule has 0 N–H and O–H groups in total. The van der Waals surface area contributed by atoms with Crippen LogP contribution in [0.5, 0.6) is 0 Å². The molecule has 1 aromatic heterocycles. The van der Waals surface area contributed by atoms with Crippen LogP contribution >= 0.6 is 11.3 Å². The minimum absolute atomic E-state index is 0.0405. The Hall–Kier alpha value is -0.900. The van der Waals surface area contributed by atoms with E-state index in [0.717, 1.165) is 0 Å². The number of hydrogen-bond acceptors (Lipinski definition) is 3. The Bertz CT molecular complexity index is 218. The van der Waals surface area contributed by atoms with Gasteiger partial charge in [0.1, 0.15) is 5.69 Å². The van der Waals surface area contributed by atoms with Crippen molar-refractivity contribution in [3.05, 3.63) is 16.6 Å². The van der Waals surface area contributed by atoms with Crippen molar-refractivity contribution in [2.75, 3.05) is 14.1 Å². The van der Waals surface area contributed by atoms with Crippen LogP contribution in [-0.4, -0.2) is 29.9 Å². The van der Waals surface area contributed by atoms with Gasteiger partial charge >= 0.3 is 0 Å². The molecule has 0 aliphatic rings. The van der Waals surface area contributed by atoms with Crippen LogP contribution in [0.4, 0.5) is 0 Å². The van der Waals surface area contributed by atoms with Crippen molar-refractivity contribution in [1.29, 1.82) is 0 Å². The fourth-order valence-corrected chi connectivity index (χ4v) is 1.07. The molecule has 10 heavy (non-hydrogen) atoms. The predicted molar refractivity (Wildman–Crippen MR) is 40.1 cm³/mol. The van der Waals surface area contributed by atoms with Gasteiger partial charge in [0.25, 0.3) is 5.91 Å². The molecular weight excluding hydrogens is 148 g/mol. The van der Waals surface area contributed by atoms with E-state index in [1.807, 2.05) is 0 Å². The summed E-state index contributed by atoms with van der Waals surface area (Å²) < 4.78 is 0. The summed E-state index contributed by atoms with van der Waals surface area (Å²) in [6.45, 7) is 0. The number of nitrogens with zero attached hydrogens (tertiary/aromatic N) is 2. The first-order chi connectivity index (χ1) is 4.72. The number of rotatable bonds is 1. The van der Waals surface area contributed by atoms with Gasteiger partial charge in [0.2, 0.25) is 0 Å². The lowest BCUT2D eigenvalue weighted by molar-refractivity contribution is 0.0823. The topological polar surface area (TPSA) is 33.2 Å². The van der Waals surface area contributed by atoms with Gasteiger partial charge < -0.3 is 4.90 Å². The van der Waals surface area contributed by atoms with Gasteiger partial charge in [0.05, 0.1) is 5.51 Å². The van der Waals surface area contributed by atoms with Crippen molar-refractivity contribution in [2.24, 2.45) is 0 Å². The quantitative estimate of drug-likeness (QED) is 0.603. The normalized spacial score (nSPS) is 9.40. The fraction of sp³-hybridized carbons (Fsp3) is 0.333. The van der Waals surface area contributed by atoms with E-state index in [2.05, 4.69) is 4.98 Å². The second-order valence-corrected chi connectivity index (χ2v) is 2.79. The van der Waals surface area contributed by atoms with E-state index in [-0.39, 0.29) is 5.91 Å². The molecular formula is C6H8N2OS. The fourth-order valence-electron chi connectivity index (χ4n) is 0.547. The zero-order valence-corrected chi connectivity index (χ0v) is 6.68. The average molecular weight is 156 g/mol. The first-order valence-electron chi connectivity index (χ1n) is 2.81. The van der Waals surface area contributed by atoms with Gasteiger partial charge in [-0.15, -0.1) is 11.3 Å². The molecule has 1 rings (SSSR count). The average Bonchev–Trinajstić information content (AvgIpc) is 2.36. The van der Waals surface area contributed by atoms with Crippen molar-refractivity contribution >= 4 is 17.2 Å². The smallest absolute Gasteiger partial charge is 0.272 e. The zero-order chi connectivity index (χ0) is 7.56. The molecule has 1 aromatic rings. The zero-order valence-electron chi connectivity index (χ0n) is 5.87. The van der Waals surface area contributed by atoms with Crippen molar-refractivity contribution in [2.45, 2.75) is 0 Å². The third-order valence-corrected chi connectivity index (χ3v) is 1.64. The molecule has 0 aromatic carbocycles. The lowest BCUT2D eigenvalue weighted by atomic mass is 10.4. The second kappa shape index (κ2) is 2.79. The van der Waals surface area contributed by atoms with Gasteiger partial charge in [-0.25, -0.2) is 4.98 Å². The number of carbonyl (C=O) groups excluding carboxylic acids is 1. The molecule has 3 nitrogen and oxygen atoms in total. The van der Waals surface area contributed by atoms with E-state index < -0.39 is 0 Å². The minimum Gasteiger partial charge on any atom is -0.343 e. The van der Waals surface area contributed by atoms with Crippen molar-refractivity contribution < 1.29 is 4.79 Å². The number of thiazole rings is 1. The van der Waals surface area contributed by atoms with Crippen molar-refractivity contribution in [3.63, 3.8) is 0 Å². The molecule has 0 aliphatic heterocycles. The monoisotopic (exact) mass is 156 g/mol. The molecule has 1 heterocycles. The molecule has 0 spiro atoms. The highest BCUT2D eigenvalue weighted by Crippen LogP contribution is 2.02. The van der Waals surface area contributed by atoms with Crippen LogP contribution in [0.15, 0.2) is 10.9 Å². The Morgan fingerprint density at radius 1 is 1.70 bits per heavy atom. The number of amides is 1. The van der Waals surface area contributed by atoms with E-state index in [0.29, 0.717) is 5.69 Å². The molecule has 54 valence electrons. The third-order valence-electron chi connectivity index (χ3n) is 1.06. The first kappa shape index (κ1) is 7.21. The Balaban J connectivity index is 2.78. The molecule has 0 atom stereocenters. The summed E-state index contributed by atoms with van der Waals surface area (Å²) in [6, 6.07) is 0. The SMILES string of the molecule is CN(C)C(=O)c1cscn1. The molecule has 0 aliphatic carbocycles. The van der Waals surface area contributed by atoms with Crippen LogP contribution in [0.3, 0.4) is 0 Å². The summed E-state index contributed by atoms with van der Waals surface area (Å²) in [5.74, 6) is -0.0405. The van der Waals surface area contributed by atoms with E-state index in [1.165, 1.54) is 16.2 Å². The largest absolute Gasteiger partial charge is 0.343 e. The molecule has 0 radical (unpaired) electrons. The van der Waals surface area contributed by atoms with Gasteiger partial charge in [-0.05, 0) is 0 Å². The van der Waals surface area contributed by atoms with Crippen LogP contribution in [0.1, 0.15) is 10.5 Å². The molecule has 0 saturated heterocycles. The van der Waals surface area contributed by atoms with Gasteiger partial charge in [-0.2, -0.15) is 0 Å². The van der Waals surface area contributed by atoms with E-state index in [4.69, 9.17) is 0 Å². The maximum absolute atomic E-state index is 11.1. The molecule has 0 unspecified atom stereocenters. The maximum Gasteiger partial charge on any atom is 0.272 e. The Kier molecular flexibility index (Phi) is 2.01.